The Morgan fingerprint density at radius 2 is 0.648 bits per heavy atom. The average molecular weight is 1590 g/mol. The van der Waals surface area contributed by atoms with Gasteiger partial charge in [-0.3, -0.25) is 0 Å². The molecule has 4 aromatic carbocycles. The first-order valence-corrected chi connectivity index (χ1v) is 35.1. The van der Waals surface area contributed by atoms with Crippen molar-refractivity contribution >= 4 is 81.7 Å². The van der Waals surface area contributed by atoms with Crippen molar-refractivity contribution in [3.8, 4) is 50.3 Å². The second kappa shape index (κ2) is 31.1. The van der Waals surface area contributed by atoms with Crippen molar-refractivity contribution in [2.45, 2.75) is 148 Å². The van der Waals surface area contributed by atoms with Crippen LogP contribution < -0.4 is 4.74 Å². The van der Waals surface area contributed by atoms with Crippen LogP contribution in [-0.4, -0.2) is 237 Å². The molecular weight excluding hydrogens is 1530 g/mol. The Balaban J connectivity index is 1.11. The molecule has 24 nitrogen and oxygen atoms in total. The molecule has 17 N–H and O–H groups in total. The number of hydrogen-bond donors (Lipinski definition) is 17. The molecule has 39 heteroatoms. The minimum atomic E-state index is -2.34. The molecule has 0 amide bonds. The summed E-state index contributed by atoms with van der Waals surface area (Å²) in [4.78, 5) is 9.71. The normalized spacial score (nSPS) is 29.3. The van der Waals surface area contributed by atoms with E-state index in [2.05, 4.69) is 19.9 Å². The van der Waals surface area contributed by atoms with E-state index in [-0.39, 0.29) is 64.1 Å². The van der Waals surface area contributed by atoms with Crippen molar-refractivity contribution in [1.29, 1.82) is 0 Å². The van der Waals surface area contributed by atoms with Gasteiger partial charge in [0, 0.05) is 44.3 Å². The van der Waals surface area contributed by atoms with Crippen LogP contribution in [-0.2, 0) is 18.9 Å². The molecule has 9 heterocycles. The lowest BCUT2D eigenvalue weighted by Crippen LogP contribution is -2.60. The number of ether oxygens (including phenoxy) is 5. The van der Waals surface area contributed by atoms with E-state index < -0.39 is 297 Å². The fourth-order valence-corrected chi connectivity index (χ4v) is 16.5. The number of aliphatic hydroxyl groups is 15. The summed E-state index contributed by atoms with van der Waals surface area (Å²) in [5.41, 5.74) is -20.2. The van der Waals surface area contributed by atoms with Crippen molar-refractivity contribution in [2.75, 3.05) is 19.8 Å². The highest BCUT2D eigenvalue weighted by atomic mass is 32.2. The molecule has 0 spiro atoms. The van der Waals surface area contributed by atoms with Crippen molar-refractivity contribution in [3.63, 3.8) is 0 Å². The van der Waals surface area contributed by atoms with Crippen LogP contribution >= 0.6 is 35.3 Å². The molecular formula is C69H60F12N4O20S3. The number of aliphatic hydroxyl groups excluding tert-OH is 15. The first kappa shape index (κ1) is 78.8. The topological polar surface area (TPSA) is 407 Å². The van der Waals surface area contributed by atoms with Gasteiger partial charge in [-0.1, -0.05) is 54.3 Å². The van der Waals surface area contributed by atoms with Gasteiger partial charge < -0.3 is 110 Å². The van der Waals surface area contributed by atoms with Crippen molar-refractivity contribution < 1.29 is 153 Å². The van der Waals surface area contributed by atoms with Gasteiger partial charge in [0.15, 0.2) is 69.8 Å². The summed E-state index contributed by atoms with van der Waals surface area (Å²) in [6.07, 6.45) is -29.3. The Labute approximate surface area is 611 Å². The lowest BCUT2D eigenvalue weighted by atomic mass is 9.98. The molecule has 6 aliphatic heterocycles. The maximum Gasteiger partial charge on any atom is 0.229 e. The Morgan fingerprint density at radius 3 is 0.981 bits per heavy atom. The fraction of sp³-hybridized carbons (Fsp3) is 0.362. The lowest BCUT2D eigenvalue weighted by Gasteiger charge is -2.40. The van der Waals surface area contributed by atoms with E-state index in [1.165, 1.54) is 31.2 Å². The highest BCUT2D eigenvalue weighted by Gasteiger charge is 2.50. The molecule has 578 valence electrons. The van der Waals surface area contributed by atoms with E-state index in [0.29, 0.717) is 0 Å². The molecule has 3 aromatic heterocycles. The molecule has 6 aliphatic rings. The van der Waals surface area contributed by atoms with Crippen LogP contribution in [0.25, 0.3) is 90.9 Å². The van der Waals surface area contributed by atoms with E-state index in [4.69, 9.17) is 23.7 Å². The number of aromatic nitrogens is 4. The van der Waals surface area contributed by atoms with Gasteiger partial charge in [-0.15, -0.1) is 0 Å². The van der Waals surface area contributed by atoms with E-state index in [1.807, 2.05) is 0 Å². The minimum Gasteiger partial charge on any atom is -0.462 e. The summed E-state index contributed by atoms with van der Waals surface area (Å²) in [6.45, 7) is -1.58. The van der Waals surface area contributed by atoms with Gasteiger partial charge in [-0.05, 0) is 72.7 Å². The number of fused-ring (bicyclic) bond motifs is 8. The van der Waals surface area contributed by atoms with Crippen LogP contribution in [0.3, 0.4) is 0 Å². The summed E-state index contributed by atoms with van der Waals surface area (Å²) in [7, 11) is 0. The number of thioether (sulfide) groups is 3. The number of nitrogens with zero attached hydrogens (tertiary/aromatic N) is 2. The van der Waals surface area contributed by atoms with E-state index in [9.17, 15) is 76.6 Å². The van der Waals surface area contributed by atoms with Crippen LogP contribution in [0.15, 0.2) is 63.2 Å². The molecule has 4 saturated heterocycles. The van der Waals surface area contributed by atoms with Gasteiger partial charge >= 0.3 is 0 Å². The van der Waals surface area contributed by atoms with Crippen LogP contribution in [0.1, 0.15) is 36.1 Å². The van der Waals surface area contributed by atoms with Crippen molar-refractivity contribution in [1.82, 2.24) is 19.9 Å². The Morgan fingerprint density at radius 1 is 0.352 bits per heavy atom. The molecule has 0 saturated carbocycles. The molecule has 8 bridgehead atoms. The van der Waals surface area contributed by atoms with Crippen LogP contribution in [0.4, 0.5) is 52.7 Å². The van der Waals surface area contributed by atoms with Gasteiger partial charge in [0.1, 0.15) is 114 Å². The third-order valence-electron chi connectivity index (χ3n) is 18.9. The fourth-order valence-electron chi connectivity index (χ4n) is 13.2. The van der Waals surface area contributed by atoms with E-state index in [0.717, 1.165) is 48.6 Å². The number of benzene rings is 4. The first-order chi connectivity index (χ1) is 51.3. The SMILES string of the molecule is CC[C@H]1OC(Sc2c(F)c(F)c(-c3c4nc(c(-c5c(F)c(F)c(S[C@@H]6OC(CO)[C@H](O)[C@H](O)C6O)c(F)c5F)c5ccc([nH]5)c(-c5cccc(O[C@@H]6OC(CO)[C@@H](O)[C@H](O)C6O)c5)c5nc(c(-c6c(F)c(F)c(S[C@@H]7OC(CO)[C@H](O)[C@H](O)C7O)c(F)c6F)c6ccc3[nH]6)C=C5)C=C4)c(F)c2F)[C@H](O)[C@H](O)C1O. The maximum atomic E-state index is 17.6. The Bertz CT molecular complexity index is 4740. The average Bonchev–Trinajstić information content (AvgIpc) is 1.45. The number of hydrogen-bond acceptors (Lipinski definition) is 25. The molecule has 20 atom stereocenters. The minimum absolute atomic E-state index is 0.0898. The van der Waals surface area contributed by atoms with Gasteiger partial charge in [0.2, 0.25) is 6.29 Å². The molecule has 8 unspecified atom stereocenters. The Kier molecular flexibility index (Phi) is 22.7. The largest absolute Gasteiger partial charge is 0.462 e. The molecule has 108 heavy (non-hydrogen) atoms. The lowest BCUT2D eigenvalue weighted by molar-refractivity contribution is -0.277. The zero-order valence-electron chi connectivity index (χ0n) is 54.7. The number of aromatic amines is 2. The predicted octanol–water partition coefficient (Wildman–Crippen LogP) is 5.27. The van der Waals surface area contributed by atoms with Crippen LogP contribution in [0, 0.1) is 69.8 Å². The summed E-state index contributed by atoms with van der Waals surface area (Å²) >= 11 is -0.685. The highest BCUT2D eigenvalue weighted by Crippen LogP contribution is 2.49. The van der Waals surface area contributed by atoms with Crippen LogP contribution in [0.5, 0.6) is 5.75 Å². The second-order valence-corrected chi connectivity index (χ2v) is 28.7. The molecule has 4 fully saturated rings. The Hall–Kier alpha value is -7.27. The molecule has 0 aliphatic carbocycles. The highest BCUT2D eigenvalue weighted by molar-refractivity contribution is 8.00. The van der Waals surface area contributed by atoms with Gasteiger partial charge in [-0.25, -0.2) is 62.7 Å². The van der Waals surface area contributed by atoms with Gasteiger partial charge in [0.05, 0.1) is 80.1 Å². The number of nitrogens with one attached hydrogen (secondary N) is 2. The first-order valence-electron chi connectivity index (χ1n) is 32.5. The molecule has 0 radical (unpaired) electrons. The predicted molar refractivity (Wildman–Crippen MR) is 357 cm³/mol. The smallest absolute Gasteiger partial charge is 0.229 e. The quantitative estimate of drug-likeness (QED) is 0.0433. The van der Waals surface area contributed by atoms with Crippen molar-refractivity contribution in [3.05, 3.63) is 141 Å². The van der Waals surface area contributed by atoms with Gasteiger partial charge in [0.25, 0.3) is 0 Å². The third-order valence-corrected chi connectivity index (χ3v) is 22.5. The number of H-pyrrole nitrogens is 2. The molecule has 7 aromatic rings. The monoisotopic (exact) mass is 1590 g/mol. The summed E-state index contributed by atoms with van der Waals surface area (Å²) < 4.78 is 236. The summed E-state index contributed by atoms with van der Waals surface area (Å²) in [6, 6.07) is 8.78. The summed E-state index contributed by atoms with van der Waals surface area (Å²) in [5.74, 6) is -27.6. The maximum absolute atomic E-state index is 17.6. The zero-order valence-corrected chi connectivity index (χ0v) is 57.2. The van der Waals surface area contributed by atoms with Crippen LogP contribution in [0.2, 0.25) is 0 Å². The van der Waals surface area contributed by atoms with E-state index >= 15 is 52.7 Å². The standard InChI is InChI=1S/C69H60F12N4O20S3/c1-2-28-51(89)56(94)60(98)67(103-28)106-63-45(76)43(74)38(44(75)46(63)77)35-26-12-10-24(84-26)33(36-39(70)47(78)64(48(79)40(36)71)107-68-61(99)57(95)53(91)30(16-87)104-68)22-8-6-20(82-22)32(18-4-3-5-19(14-18)101-66-59(97)55(93)52(90)29(15-86)102-66)21-7-9-23(83-21)34(25-11-13-27(35)85-25)37-41(72)49(80)65(50(81)42(37)73)108-69-62(100)58(96)54(92)31(17-88)105-69/h3-14,28-31,51-62,66-69,82,85-100H,2,15-17H2,1H3/t28-,29?,30?,31?,51?,52-,53+,54+,55+,56-,57+,58+,59?,60-,61?,62?,66-,67?,68+,69+/m1/s1. The summed E-state index contributed by atoms with van der Waals surface area (Å²) in [5, 5.41) is 157. The number of halogens is 12. The van der Waals surface area contributed by atoms with E-state index in [1.54, 1.807) is 0 Å². The number of rotatable bonds is 16. The zero-order chi connectivity index (χ0) is 77.8. The van der Waals surface area contributed by atoms with Crippen molar-refractivity contribution in [2.24, 2.45) is 0 Å². The third kappa shape index (κ3) is 13.7. The van der Waals surface area contributed by atoms with Gasteiger partial charge in [-0.2, -0.15) is 0 Å². The molecule has 13 rings (SSSR count). The second-order valence-electron chi connectivity index (χ2n) is 25.4.